The van der Waals surface area contributed by atoms with Crippen LogP contribution in [-0.4, -0.2) is 32.7 Å². The normalized spacial score (nSPS) is 15.9. The first-order valence-corrected chi connectivity index (χ1v) is 10.9. The van der Waals surface area contributed by atoms with Crippen molar-refractivity contribution in [2.75, 3.05) is 6.54 Å². The van der Waals surface area contributed by atoms with Crippen LogP contribution in [0.4, 0.5) is 0 Å². The minimum absolute atomic E-state index is 0.0245. The fourth-order valence-corrected chi connectivity index (χ4v) is 4.88. The van der Waals surface area contributed by atoms with E-state index < -0.39 is 5.97 Å². The van der Waals surface area contributed by atoms with Gasteiger partial charge in [0.1, 0.15) is 4.32 Å². The van der Waals surface area contributed by atoms with Gasteiger partial charge in [-0.2, -0.15) is 0 Å². The standard InChI is InChI=1S/C23H25NO3S2/c1-13(2)16-8-7-14(3)21-17(10-15(4)18(21)11-16)12-19-22(27)24(23(28)29-19)9-5-6-20(25)26/h7-8,10-13H,5-6,9H2,1-4H3,(H,25,26). The third kappa shape index (κ3) is 4.54. The largest absolute Gasteiger partial charge is 0.481 e. The predicted molar refractivity (Wildman–Crippen MR) is 123 cm³/mol. The zero-order valence-corrected chi connectivity index (χ0v) is 18.7. The molecule has 3 rings (SSSR count). The van der Waals surface area contributed by atoms with Gasteiger partial charge in [-0.25, -0.2) is 0 Å². The highest BCUT2D eigenvalue weighted by atomic mass is 32.2. The van der Waals surface area contributed by atoms with Crippen molar-refractivity contribution in [1.82, 2.24) is 4.90 Å². The molecule has 0 aromatic heterocycles. The van der Waals surface area contributed by atoms with Gasteiger partial charge in [0.05, 0.1) is 4.91 Å². The number of carbonyl (C=O) groups is 2. The molecular formula is C23H25NO3S2. The number of amides is 1. The van der Waals surface area contributed by atoms with Crippen LogP contribution in [-0.2, 0) is 9.59 Å². The van der Waals surface area contributed by atoms with Gasteiger partial charge in [-0.3, -0.25) is 14.5 Å². The van der Waals surface area contributed by atoms with Crippen molar-refractivity contribution < 1.29 is 14.7 Å². The van der Waals surface area contributed by atoms with Crippen LogP contribution in [0.3, 0.4) is 0 Å². The Kier molecular flexibility index (Phi) is 6.44. The molecule has 1 N–H and O–H groups in total. The first-order valence-electron chi connectivity index (χ1n) is 9.70. The first-order chi connectivity index (χ1) is 13.7. The van der Waals surface area contributed by atoms with Crippen LogP contribution in [0.15, 0.2) is 29.2 Å². The Morgan fingerprint density at radius 1 is 1.24 bits per heavy atom. The third-order valence-corrected chi connectivity index (χ3v) is 6.56. The molecule has 0 radical (unpaired) electrons. The Hall–Kier alpha value is -2.18. The smallest absolute Gasteiger partial charge is 0.303 e. The van der Waals surface area contributed by atoms with Crippen LogP contribution in [0, 0.1) is 13.8 Å². The SMILES string of the molecule is Cc1cc(C=C2SC(=S)N(CCCC(=O)O)C2=O)c2c(C)ccc(C(C)C)cc1-2. The Bertz CT molecular complexity index is 994. The van der Waals surface area contributed by atoms with Crippen LogP contribution >= 0.6 is 24.0 Å². The number of carboxylic acid groups (broad SMARTS) is 1. The van der Waals surface area contributed by atoms with E-state index in [1.54, 1.807) is 0 Å². The minimum Gasteiger partial charge on any atom is -0.481 e. The molecule has 3 aliphatic rings. The van der Waals surface area contributed by atoms with E-state index >= 15 is 0 Å². The summed E-state index contributed by atoms with van der Waals surface area (Å²) < 4.78 is 0.489. The second kappa shape index (κ2) is 8.67. The maximum atomic E-state index is 12.8. The number of rotatable bonds is 6. The van der Waals surface area contributed by atoms with Crippen molar-refractivity contribution in [2.45, 2.75) is 46.5 Å². The molecule has 0 bridgehead atoms. The zero-order valence-electron chi connectivity index (χ0n) is 17.1. The van der Waals surface area contributed by atoms with Crippen molar-refractivity contribution in [1.29, 1.82) is 0 Å². The van der Waals surface area contributed by atoms with Gasteiger partial charge in [-0.05, 0) is 65.6 Å². The Morgan fingerprint density at radius 2 is 1.97 bits per heavy atom. The second-order valence-corrected chi connectivity index (χ2v) is 9.39. The lowest BCUT2D eigenvalue weighted by Gasteiger charge is -2.13. The molecule has 0 aromatic carbocycles. The van der Waals surface area contributed by atoms with E-state index in [-0.39, 0.29) is 12.3 Å². The summed E-state index contributed by atoms with van der Waals surface area (Å²) >= 11 is 6.65. The number of thiocarbonyl (C=S) groups is 1. The highest BCUT2D eigenvalue weighted by Crippen LogP contribution is 2.40. The molecule has 0 saturated carbocycles. The minimum atomic E-state index is -0.867. The molecule has 152 valence electrons. The van der Waals surface area contributed by atoms with Crippen molar-refractivity contribution >= 4 is 46.3 Å². The second-order valence-electron chi connectivity index (χ2n) is 7.72. The van der Waals surface area contributed by atoms with Gasteiger partial charge in [-0.1, -0.05) is 62.1 Å². The number of aryl methyl sites for hydroxylation is 2. The molecule has 1 saturated heterocycles. The summed E-state index contributed by atoms with van der Waals surface area (Å²) in [6.45, 7) is 8.90. The molecular weight excluding hydrogens is 402 g/mol. The number of nitrogens with zero attached hydrogens (tertiary/aromatic N) is 1. The van der Waals surface area contributed by atoms with E-state index in [4.69, 9.17) is 17.3 Å². The van der Waals surface area contributed by atoms with E-state index in [2.05, 4.69) is 52.0 Å². The quantitative estimate of drug-likeness (QED) is 0.480. The summed E-state index contributed by atoms with van der Waals surface area (Å²) in [6, 6.07) is 8.69. The molecule has 1 fully saturated rings. The van der Waals surface area contributed by atoms with Crippen molar-refractivity contribution in [3.05, 3.63) is 51.4 Å². The fraction of sp³-hybridized carbons (Fsp3) is 0.348. The zero-order chi connectivity index (χ0) is 21.3. The fourth-order valence-electron chi connectivity index (χ4n) is 3.58. The van der Waals surface area contributed by atoms with Gasteiger partial charge >= 0.3 is 5.97 Å². The van der Waals surface area contributed by atoms with Gasteiger partial charge in [0.25, 0.3) is 5.91 Å². The number of fused-ring (bicyclic) bond motifs is 1. The van der Waals surface area contributed by atoms with E-state index in [1.807, 2.05) is 6.08 Å². The van der Waals surface area contributed by atoms with Gasteiger partial charge in [0.15, 0.2) is 0 Å². The highest BCUT2D eigenvalue weighted by Gasteiger charge is 2.32. The lowest BCUT2D eigenvalue weighted by Crippen LogP contribution is -2.29. The number of thioether (sulfide) groups is 1. The van der Waals surface area contributed by atoms with Gasteiger partial charge in [0.2, 0.25) is 0 Å². The number of hydrogen-bond donors (Lipinski definition) is 1. The van der Waals surface area contributed by atoms with Gasteiger partial charge in [-0.15, -0.1) is 0 Å². The van der Waals surface area contributed by atoms with Crippen molar-refractivity contribution in [3.63, 3.8) is 0 Å². The summed E-state index contributed by atoms with van der Waals surface area (Å²) in [7, 11) is 0. The molecule has 29 heavy (non-hydrogen) atoms. The molecule has 1 aliphatic heterocycles. The number of carbonyl (C=O) groups excluding carboxylic acids is 1. The van der Waals surface area contributed by atoms with Crippen LogP contribution in [0.1, 0.15) is 54.9 Å². The van der Waals surface area contributed by atoms with Gasteiger partial charge in [0, 0.05) is 13.0 Å². The van der Waals surface area contributed by atoms with Crippen LogP contribution in [0.5, 0.6) is 0 Å². The maximum absolute atomic E-state index is 12.8. The highest BCUT2D eigenvalue weighted by molar-refractivity contribution is 8.26. The van der Waals surface area contributed by atoms with Crippen LogP contribution in [0.2, 0.25) is 0 Å². The molecule has 4 nitrogen and oxygen atoms in total. The van der Waals surface area contributed by atoms with Crippen molar-refractivity contribution in [3.8, 4) is 11.1 Å². The molecule has 0 aromatic rings. The Balaban J connectivity index is 1.94. The molecule has 0 spiro atoms. The summed E-state index contributed by atoms with van der Waals surface area (Å²) in [5, 5.41) is 8.82. The molecule has 0 atom stereocenters. The third-order valence-electron chi connectivity index (χ3n) is 5.19. The Labute approximate surface area is 181 Å². The summed E-state index contributed by atoms with van der Waals surface area (Å²) in [4.78, 5) is 25.7. The predicted octanol–water partition coefficient (Wildman–Crippen LogP) is 5.60. The Morgan fingerprint density at radius 3 is 2.62 bits per heavy atom. The molecule has 0 unspecified atom stereocenters. The van der Waals surface area contributed by atoms with Gasteiger partial charge < -0.3 is 5.11 Å². The van der Waals surface area contributed by atoms with E-state index in [9.17, 15) is 9.59 Å². The van der Waals surface area contributed by atoms with Crippen LogP contribution < -0.4 is 0 Å². The topological polar surface area (TPSA) is 57.6 Å². The summed E-state index contributed by atoms with van der Waals surface area (Å²) in [6.07, 6.45) is 2.34. The number of carboxylic acids is 1. The van der Waals surface area contributed by atoms with Crippen molar-refractivity contribution in [2.24, 2.45) is 0 Å². The first kappa shape index (κ1) is 21.5. The lowest BCUT2D eigenvalue weighted by atomic mass is 10.0. The average molecular weight is 428 g/mol. The van der Waals surface area contributed by atoms with E-state index in [1.165, 1.54) is 38.9 Å². The number of aliphatic carboxylic acids is 1. The monoisotopic (exact) mass is 427 g/mol. The summed E-state index contributed by atoms with van der Waals surface area (Å²) in [5.41, 5.74) is 7.03. The number of hydrogen-bond acceptors (Lipinski definition) is 4. The summed E-state index contributed by atoms with van der Waals surface area (Å²) in [5.74, 6) is -0.572. The molecule has 6 heteroatoms. The lowest BCUT2D eigenvalue weighted by molar-refractivity contribution is -0.137. The molecule has 2 aliphatic carbocycles. The molecule has 1 amide bonds. The molecule has 1 heterocycles. The van der Waals surface area contributed by atoms with Crippen LogP contribution in [0.25, 0.3) is 17.2 Å². The maximum Gasteiger partial charge on any atom is 0.303 e. The average Bonchev–Trinajstić information content (AvgIpc) is 2.99. The van der Waals surface area contributed by atoms with E-state index in [0.29, 0.717) is 28.1 Å². The van der Waals surface area contributed by atoms with E-state index in [0.717, 1.165) is 11.1 Å².